The number of aliphatic hydroxyl groups is 1. The summed E-state index contributed by atoms with van der Waals surface area (Å²) in [6.07, 6.45) is 6.85. The molecule has 2 aliphatic carbocycles. The van der Waals surface area contributed by atoms with E-state index in [1.54, 1.807) is 0 Å². The van der Waals surface area contributed by atoms with Gasteiger partial charge in [0, 0.05) is 5.92 Å². The quantitative estimate of drug-likeness (QED) is 0.811. The predicted octanol–water partition coefficient (Wildman–Crippen LogP) is 3.52. The number of hydrogen-bond donors (Lipinski definition) is 1. The Balaban J connectivity index is 1.75. The molecule has 0 aromatic carbocycles. The van der Waals surface area contributed by atoms with Crippen LogP contribution >= 0.6 is 0 Å². The Hall–Kier alpha value is -0.0800. The Kier molecular flexibility index (Phi) is 2.68. The van der Waals surface area contributed by atoms with Crippen LogP contribution in [0.1, 0.15) is 66.2 Å². The van der Waals surface area contributed by atoms with Crippen molar-refractivity contribution in [2.45, 2.75) is 83.0 Å². The number of hydrogen-bond acceptors (Lipinski definition) is 2. The first-order valence-electron chi connectivity index (χ1n) is 7.84. The van der Waals surface area contributed by atoms with Crippen LogP contribution in [0, 0.1) is 17.8 Å². The summed E-state index contributed by atoms with van der Waals surface area (Å²) in [6, 6.07) is 0. The van der Waals surface area contributed by atoms with E-state index in [1.165, 1.54) is 19.3 Å². The van der Waals surface area contributed by atoms with Crippen LogP contribution in [-0.2, 0) is 4.74 Å². The molecule has 2 nitrogen and oxygen atoms in total. The van der Waals surface area contributed by atoms with Gasteiger partial charge >= 0.3 is 0 Å². The number of ether oxygens (including phenoxy) is 1. The zero-order chi connectivity index (χ0) is 13.2. The zero-order valence-electron chi connectivity index (χ0n) is 12.3. The van der Waals surface area contributed by atoms with Crippen molar-refractivity contribution in [2.75, 3.05) is 0 Å². The van der Waals surface area contributed by atoms with Crippen molar-refractivity contribution in [3.8, 4) is 0 Å². The average molecular weight is 252 g/mol. The van der Waals surface area contributed by atoms with E-state index in [1.807, 2.05) is 0 Å². The Morgan fingerprint density at radius 3 is 2.44 bits per heavy atom. The van der Waals surface area contributed by atoms with E-state index in [2.05, 4.69) is 27.7 Å². The SMILES string of the molecule is CCC(CC)CC[C@]1(O)C2[C@H]3CC[C@]1(C)OC23C. The van der Waals surface area contributed by atoms with Crippen molar-refractivity contribution in [1.82, 2.24) is 0 Å². The molecule has 4 fully saturated rings. The first-order chi connectivity index (χ1) is 8.41. The summed E-state index contributed by atoms with van der Waals surface area (Å²) in [6.45, 7) is 8.89. The molecular weight excluding hydrogens is 224 g/mol. The first kappa shape index (κ1) is 12.9. The highest BCUT2D eigenvalue weighted by Crippen LogP contribution is 2.75. The number of fused-ring (bicyclic) bond motifs is 1. The second kappa shape index (κ2) is 3.73. The smallest absolute Gasteiger partial charge is 0.0992 e. The molecule has 0 radical (unpaired) electrons. The van der Waals surface area contributed by atoms with E-state index in [0.29, 0.717) is 11.8 Å². The highest BCUT2D eigenvalue weighted by atomic mass is 16.6. The van der Waals surface area contributed by atoms with Crippen molar-refractivity contribution in [2.24, 2.45) is 17.8 Å². The second-order valence-electron chi connectivity index (χ2n) is 7.29. The molecule has 5 atom stereocenters. The van der Waals surface area contributed by atoms with Crippen molar-refractivity contribution < 1.29 is 9.84 Å². The summed E-state index contributed by atoms with van der Waals surface area (Å²) >= 11 is 0. The molecule has 0 amide bonds. The lowest BCUT2D eigenvalue weighted by molar-refractivity contribution is -0.195. The molecule has 2 saturated carbocycles. The van der Waals surface area contributed by atoms with Crippen LogP contribution in [0.3, 0.4) is 0 Å². The lowest BCUT2D eigenvalue weighted by Gasteiger charge is -2.46. The third-order valence-electron chi connectivity index (χ3n) is 6.54. The lowest BCUT2D eigenvalue weighted by atomic mass is 9.69. The fourth-order valence-electron chi connectivity index (χ4n) is 5.12. The van der Waals surface area contributed by atoms with Crippen LogP contribution in [0.5, 0.6) is 0 Å². The highest BCUT2D eigenvalue weighted by molar-refractivity contribution is 5.32. The van der Waals surface area contributed by atoms with Gasteiger partial charge in [0.05, 0.1) is 16.8 Å². The Bertz CT molecular complexity index is 351. The van der Waals surface area contributed by atoms with Crippen LogP contribution in [-0.4, -0.2) is 21.9 Å². The van der Waals surface area contributed by atoms with E-state index >= 15 is 0 Å². The van der Waals surface area contributed by atoms with Gasteiger partial charge in [-0.25, -0.2) is 0 Å². The van der Waals surface area contributed by atoms with Crippen molar-refractivity contribution in [3.05, 3.63) is 0 Å². The summed E-state index contributed by atoms with van der Waals surface area (Å²) in [5.41, 5.74) is -0.809. The molecule has 2 heteroatoms. The minimum absolute atomic E-state index is 0.00960. The topological polar surface area (TPSA) is 29.5 Å². The third-order valence-corrected chi connectivity index (χ3v) is 6.54. The molecule has 0 aromatic heterocycles. The second-order valence-corrected chi connectivity index (χ2v) is 7.29. The monoisotopic (exact) mass is 252 g/mol. The fourth-order valence-corrected chi connectivity index (χ4v) is 5.12. The van der Waals surface area contributed by atoms with Gasteiger partial charge in [0.15, 0.2) is 0 Å². The van der Waals surface area contributed by atoms with Crippen LogP contribution in [0.25, 0.3) is 0 Å². The molecule has 4 bridgehead atoms. The van der Waals surface area contributed by atoms with E-state index in [-0.39, 0.29) is 11.2 Å². The van der Waals surface area contributed by atoms with Crippen LogP contribution in [0.4, 0.5) is 0 Å². The Labute approximate surface area is 111 Å². The number of rotatable bonds is 5. The van der Waals surface area contributed by atoms with Gasteiger partial charge in [-0.3, -0.25) is 0 Å². The Morgan fingerprint density at radius 2 is 1.94 bits per heavy atom. The molecule has 2 heterocycles. The molecule has 18 heavy (non-hydrogen) atoms. The molecular formula is C16H28O2. The molecule has 4 rings (SSSR count). The fraction of sp³-hybridized carbons (Fsp3) is 1.00. The van der Waals surface area contributed by atoms with Gasteiger partial charge in [-0.05, 0) is 51.4 Å². The van der Waals surface area contributed by atoms with E-state index in [4.69, 9.17) is 4.74 Å². The van der Waals surface area contributed by atoms with Crippen LogP contribution in [0.2, 0.25) is 0 Å². The van der Waals surface area contributed by atoms with Gasteiger partial charge < -0.3 is 9.84 Å². The van der Waals surface area contributed by atoms with Gasteiger partial charge in [-0.1, -0.05) is 26.7 Å². The van der Waals surface area contributed by atoms with E-state index < -0.39 is 5.60 Å². The summed E-state index contributed by atoms with van der Waals surface area (Å²) in [4.78, 5) is 0. The standard InChI is InChI=1S/C16H28O2/c1-5-11(6-2)7-10-16(17)13-12-8-9-14(16,3)18-15(12,13)4/h11-13,17H,5-10H2,1-4H3/t12-,13?,14+,15?,16+/m1/s1. The van der Waals surface area contributed by atoms with Gasteiger partial charge in [0.1, 0.15) is 0 Å². The zero-order valence-corrected chi connectivity index (χ0v) is 12.3. The summed E-state index contributed by atoms with van der Waals surface area (Å²) in [7, 11) is 0. The van der Waals surface area contributed by atoms with Gasteiger partial charge in [-0.2, -0.15) is 0 Å². The molecule has 0 spiro atoms. The minimum Gasteiger partial charge on any atom is -0.386 e. The Morgan fingerprint density at radius 1 is 1.28 bits per heavy atom. The van der Waals surface area contributed by atoms with Gasteiger partial charge in [0.25, 0.3) is 0 Å². The third kappa shape index (κ3) is 1.37. The van der Waals surface area contributed by atoms with Crippen molar-refractivity contribution in [1.29, 1.82) is 0 Å². The molecule has 2 saturated heterocycles. The maximum atomic E-state index is 11.2. The summed E-state index contributed by atoms with van der Waals surface area (Å²) < 4.78 is 6.27. The van der Waals surface area contributed by atoms with Crippen LogP contribution < -0.4 is 0 Å². The first-order valence-corrected chi connectivity index (χ1v) is 7.84. The molecule has 104 valence electrons. The summed E-state index contributed by atoms with van der Waals surface area (Å²) in [5, 5.41) is 11.2. The summed E-state index contributed by atoms with van der Waals surface area (Å²) in [5.74, 6) is 1.81. The minimum atomic E-state index is -0.548. The lowest BCUT2D eigenvalue weighted by Crippen LogP contribution is -2.55. The van der Waals surface area contributed by atoms with Gasteiger partial charge in [-0.15, -0.1) is 0 Å². The van der Waals surface area contributed by atoms with E-state index in [0.717, 1.165) is 25.2 Å². The normalized spacial score (nSPS) is 53.0. The highest BCUT2D eigenvalue weighted by Gasteiger charge is 2.83. The van der Waals surface area contributed by atoms with E-state index in [9.17, 15) is 5.11 Å². The average Bonchev–Trinajstić information content (AvgIpc) is 2.89. The molecule has 0 aromatic rings. The molecule has 2 unspecified atom stereocenters. The largest absolute Gasteiger partial charge is 0.386 e. The maximum absolute atomic E-state index is 11.2. The van der Waals surface area contributed by atoms with Crippen molar-refractivity contribution in [3.63, 3.8) is 0 Å². The molecule has 1 N–H and O–H groups in total. The maximum Gasteiger partial charge on any atom is 0.0992 e. The predicted molar refractivity (Wildman–Crippen MR) is 72.4 cm³/mol. The van der Waals surface area contributed by atoms with Crippen LogP contribution in [0.15, 0.2) is 0 Å². The van der Waals surface area contributed by atoms with Crippen molar-refractivity contribution >= 4 is 0 Å². The molecule has 2 aliphatic heterocycles. The molecule has 4 aliphatic rings. The van der Waals surface area contributed by atoms with Gasteiger partial charge in [0.2, 0.25) is 0 Å².